The molecule has 1 fully saturated rings. The van der Waals surface area contributed by atoms with Crippen molar-refractivity contribution in [1.82, 2.24) is 4.90 Å². The van der Waals surface area contributed by atoms with Crippen LogP contribution in [0.15, 0.2) is 18.2 Å². The highest BCUT2D eigenvalue weighted by Gasteiger charge is 2.19. The van der Waals surface area contributed by atoms with E-state index in [9.17, 15) is 14.9 Å². The first-order valence-corrected chi connectivity index (χ1v) is 6.31. The van der Waals surface area contributed by atoms with Gasteiger partial charge in [-0.15, -0.1) is 0 Å². The van der Waals surface area contributed by atoms with E-state index in [0.717, 1.165) is 25.9 Å². The van der Waals surface area contributed by atoms with Gasteiger partial charge in [-0.25, -0.2) is 4.79 Å². The predicted octanol–water partition coefficient (Wildman–Crippen LogP) is 2.28. The van der Waals surface area contributed by atoms with Crippen LogP contribution in [0.25, 0.3) is 0 Å². The summed E-state index contributed by atoms with van der Waals surface area (Å²) in [7, 11) is 0. The number of nitrogens with zero attached hydrogens (tertiary/aromatic N) is 2. The first-order chi connectivity index (χ1) is 9.08. The summed E-state index contributed by atoms with van der Waals surface area (Å²) in [5.41, 5.74) is 0.569. The van der Waals surface area contributed by atoms with E-state index in [4.69, 9.17) is 5.11 Å². The number of hydrogen-bond donors (Lipinski definition) is 1. The number of nitro benzene ring substituents is 1. The van der Waals surface area contributed by atoms with Crippen LogP contribution in [-0.2, 0) is 6.54 Å². The molecule has 1 saturated heterocycles. The highest BCUT2D eigenvalue weighted by atomic mass is 16.6. The summed E-state index contributed by atoms with van der Waals surface area (Å²) in [4.78, 5) is 23.6. The minimum absolute atomic E-state index is 0.00410. The Balaban J connectivity index is 2.26. The molecule has 19 heavy (non-hydrogen) atoms. The number of rotatable bonds is 4. The van der Waals surface area contributed by atoms with Crippen LogP contribution in [0.5, 0.6) is 0 Å². The number of aromatic carboxylic acids is 1. The van der Waals surface area contributed by atoms with E-state index in [1.54, 1.807) is 0 Å². The molecule has 0 radical (unpaired) electrons. The van der Waals surface area contributed by atoms with Gasteiger partial charge in [0.2, 0.25) is 0 Å². The summed E-state index contributed by atoms with van der Waals surface area (Å²) in [6.07, 6.45) is 3.37. The lowest BCUT2D eigenvalue weighted by Crippen LogP contribution is -2.29. The van der Waals surface area contributed by atoms with Crippen LogP contribution in [0, 0.1) is 10.1 Å². The summed E-state index contributed by atoms with van der Waals surface area (Å²) >= 11 is 0. The molecular weight excluding hydrogens is 248 g/mol. The SMILES string of the molecule is O=C(O)c1ccc([N+](=O)[O-])c(CN2CCCCC2)c1. The molecule has 2 rings (SSSR count). The van der Waals surface area contributed by atoms with E-state index in [1.165, 1.54) is 24.6 Å². The molecule has 0 aliphatic carbocycles. The molecule has 0 aromatic heterocycles. The number of carboxylic acid groups (broad SMARTS) is 1. The fraction of sp³-hybridized carbons (Fsp3) is 0.462. The van der Waals surface area contributed by atoms with Crippen molar-refractivity contribution in [2.45, 2.75) is 25.8 Å². The van der Waals surface area contributed by atoms with Gasteiger partial charge in [-0.2, -0.15) is 0 Å². The van der Waals surface area contributed by atoms with Crippen molar-refractivity contribution >= 4 is 11.7 Å². The van der Waals surface area contributed by atoms with Crippen molar-refractivity contribution in [3.8, 4) is 0 Å². The Morgan fingerprint density at radius 2 is 2.00 bits per heavy atom. The predicted molar refractivity (Wildman–Crippen MR) is 69.2 cm³/mol. The number of benzene rings is 1. The third-order valence-electron chi connectivity index (χ3n) is 3.37. The van der Waals surface area contributed by atoms with Gasteiger partial charge in [0.25, 0.3) is 5.69 Å². The van der Waals surface area contributed by atoms with E-state index in [1.807, 2.05) is 0 Å². The smallest absolute Gasteiger partial charge is 0.335 e. The standard InChI is InChI=1S/C13H16N2O4/c16-13(17)10-4-5-12(15(18)19)11(8-10)9-14-6-2-1-3-7-14/h4-5,8H,1-3,6-7,9H2,(H,16,17). The quantitative estimate of drug-likeness (QED) is 0.666. The van der Waals surface area contributed by atoms with Gasteiger partial charge in [0, 0.05) is 18.2 Å². The maximum Gasteiger partial charge on any atom is 0.335 e. The van der Waals surface area contributed by atoms with Crippen LogP contribution in [-0.4, -0.2) is 34.0 Å². The zero-order valence-corrected chi connectivity index (χ0v) is 10.5. The maximum atomic E-state index is 11.0. The normalized spacial score (nSPS) is 16.2. The Morgan fingerprint density at radius 3 is 2.58 bits per heavy atom. The summed E-state index contributed by atoms with van der Waals surface area (Å²) in [5, 5.41) is 19.9. The molecule has 0 unspecified atom stereocenters. The molecule has 1 aliphatic heterocycles. The van der Waals surface area contributed by atoms with E-state index in [0.29, 0.717) is 12.1 Å². The average Bonchev–Trinajstić information content (AvgIpc) is 2.39. The Hall–Kier alpha value is -1.95. The number of carboxylic acids is 1. The third kappa shape index (κ3) is 3.29. The highest BCUT2D eigenvalue weighted by Crippen LogP contribution is 2.23. The van der Waals surface area contributed by atoms with Gasteiger partial charge in [-0.3, -0.25) is 15.0 Å². The van der Waals surface area contributed by atoms with E-state index in [2.05, 4.69) is 4.90 Å². The first-order valence-electron chi connectivity index (χ1n) is 6.31. The first kappa shape index (κ1) is 13.5. The summed E-state index contributed by atoms with van der Waals surface area (Å²) < 4.78 is 0. The average molecular weight is 264 g/mol. The summed E-state index contributed by atoms with van der Waals surface area (Å²) in [6.45, 7) is 2.26. The van der Waals surface area contributed by atoms with Gasteiger partial charge in [0.05, 0.1) is 10.5 Å². The topological polar surface area (TPSA) is 83.7 Å². The van der Waals surface area contributed by atoms with E-state index in [-0.39, 0.29) is 11.3 Å². The van der Waals surface area contributed by atoms with Gasteiger partial charge in [0.15, 0.2) is 0 Å². The van der Waals surface area contributed by atoms with Crippen molar-refractivity contribution in [3.05, 3.63) is 39.4 Å². The molecular formula is C13H16N2O4. The molecule has 0 atom stereocenters. The number of piperidine rings is 1. The van der Waals surface area contributed by atoms with Crippen molar-refractivity contribution in [3.63, 3.8) is 0 Å². The van der Waals surface area contributed by atoms with Crippen LogP contribution >= 0.6 is 0 Å². The molecule has 6 nitrogen and oxygen atoms in total. The highest BCUT2D eigenvalue weighted by molar-refractivity contribution is 5.88. The van der Waals surface area contributed by atoms with Crippen molar-refractivity contribution in [2.24, 2.45) is 0 Å². The molecule has 1 N–H and O–H groups in total. The molecule has 102 valence electrons. The van der Waals surface area contributed by atoms with Gasteiger partial charge >= 0.3 is 5.97 Å². The minimum atomic E-state index is -1.06. The lowest BCUT2D eigenvalue weighted by molar-refractivity contribution is -0.385. The Kier molecular flexibility index (Phi) is 4.11. The second-order valence-electron chi connectivity index (χ2n) is 4.74. The molecule has 1 aliphatic rings. The van der Waals surface area contributed by atoms with Crippen LogP contribution in [0.2, 0.25) is 0 Å². The van der Waals surface area contributed by atoms with Crippen molar-refractivity contribution in [1.29, 1.82) is 0 Å². The van der Waals surface area contributed by atoms with E-state index >= 15 is 0 Å². The fourth-order valence-corrected chi connectivity index (χ4v) is 2.38. The second kappa shape index (κ2) is 5.79. The zero-order chi connectivity index (χ0) is 13.8. The molecule has 0 spiro atoms. The van der Waals surface area contributed by atoms with Gasteiger partial charge in [-0.05, 0) is 38.1 Å². The molecule has 1 heterocycles. The number of carbonyl (C=O) groups is 1. The molecule has 1 aromatic rings. The van der Waals surface area contributed by atoms with Crippen LogP contribution in [0.1, 0.15) is 35.2 Å². The third-order valence-corrected chi connectivity index (χ3v) is 3.37. The van der Waals surface area contributed by atoms with Crippen LogP contribution in [0.3, 0.4) is 0 Å². The molecule has 0 amide bonds. The molecule has 6 heteroatoms. The van der Waals surface area contributed by atoms with Crippen molar-refractivity contribution < 1.29 is 14.8 Å². The number of likely N-dealkylation sites (tertiary alicyclic amines) is 1. The Labute approximate surface area is 110 Å². The van der Waals surface area contributed by atoms with Crippen LogP contribution < -0.4 is 0 Å². The molecule has 0 bridgehead atoms. The van der Waals surface area contributed by atoms with E-state index < -0.39 is 10.9 Å². The Bertz CT molecular complexity index is 495. The number of hydrogen-bond acceptors (Lipinski definition) is 4. The molecule has 1 aromatic carbocycles. The maximum absolute atomic E-state index is 11.0. The van der Waals surface area contributed by atoms with Gasteiger partial charge in [0.1, 0.15) is 0 Å². The largest absolute Gasteiger partial charge is 0.478 e. The van der Waals surface area contributed by atoms with Crippen LogP contribution in [0.4, 0.5) is 5.69 Å². The minimum Gasteiger partial charge on any atom is -0.478 e. The lowest BCUT2D eigenvalue weighted by Gasteiger charge is -2.26. The Morgan fingerprint density at radius 1 is 1.32 bits per heavy atom. The number of nitro groups is 1. The molecule has 0 saturated carbocycles. The monoisotopic (exact) mass is 264 g/mol. The second-order valence-corrected chi connectivity index (χ2v) is 4.74. The lowest BCUT2D eigenvalue weighted by atomic mass is 10.1. The van der Waals surface area contributed by atoms with Gasteiger partial charge < -0.3 is 5.11 Å². The van der Waals surface area contributed by atoms with Gasteiger partial charge in [-0.1, -0.05) is 6.42 Å². The zero-order valence-electron chi connectivity index (χ0n) is 10.5. The summed E-state index contributed by atoms with van der Waals surface area (Å²) in [6, 6.07) is 3.97. The summed E-state index contributed by atoms with van der Waals surface area (Å²) in [5.74, 6) is -1.06. The van der Waals surface area contributed by atoms with Crippen molar-refractivity contribution in [2.75, 3.05) is 13.1 Å². The fourth-order valence-electron chi connectivity index (χ4n) is 2.38.